The molecule has 2 N–H and O–H groups in total. The molecule has 2 aromatic rings. The Kier molecular flexibility index (Phi) is 9.31. The van der Waals surface area contributed by atoms with Crippen LogP contribution >= 0.6 is 0 Å². The van der Waals surface area contributed by atoms with Crippen molar-refractivity contribution in [3.63, 3.8) is 0 Å². The Morgan fingerprint density at radius 1 is 1.07 bits per heavy atom. The Bertz CT molecular complexity index is 891. The van der Waals surface area contributed by atoms with Crippen molar-refractivity contribution in [2.24, 2.45) is 0 Å². The molecule has 0 aromatic heterocycles. The molecule has 6 heteroatoms. The van der Waals surface area contributed by atoms with Crippen molar-refractivity contribution < 1.29 is 23.8 Å². The number of benzene rings is 2. The van der Waals surface area contributed by atoms with Crippen LogP contribution in [0.15, 0.2) is 61.2 Å². The van der Waals surface area contributed by atoms with Gasteiger partial charge >= 0.3 is 5.97 Å². The molecule has 0 saturated carbocycles. The summed E-state index contributed by atoms with van der Waals surface area (Å²) in [6.45, 7) is 3.72. The summed E-state index contributed by atoms with van der Waals surface area (Å²) >= 11 is 0. The molecule has 0 atom stereocenters. The predicted octanol–water partition coefficient (Wildman–Crippen LogP) is 6.18. The van der Waals surface area contributed by atoms with E-state index in [0.717, 1.165) is 37.7 Å². The van der Waals surface area contributed by atoms with E-state index in [1.807, 2.05) is 18.2 Å². The van der Waals surface area contributed by atoms with Gasteiger partial charge < -0.3 is 15.2 Å². The second kappa shape index (κ2) is 12.2. The van der Waals surface area contributed by atoms with Gasteiger partial charge in [-0.25, -0.2) is 4.39 Å². The van der Waals surface area contributed by atoms with Gasteiger partial charge in [-0.15, -0.1) is 6.58 Å². The molecule has 2 aromatic carbocycles. The van der Waals surface area contributed by atoms with Gasteiger partial charge in [0, 0.05) is 11.3 Å². The third kappa shape index (κ3) is 8.31. The summed E-state index contributed by atoms with van der Waals surface area (Å²) in [5, 5.41) is 11.3. The number of halogens is 1. The first-order valence-corrected chi connectivity index (χ1v) is 9.84. The molecule has 0 spiro atoms. The summed E-state index contributed by atoms with van der Waals surface area (Å²) in [5.41, 5.74) is 1.19. The van der Waals surface area contributed by atoms with Crippen LogP contribution in [-0.4, -0.2) is 17.0 Å². The molecule has 0 fully saturated rings. The molecule has 5 nitrogen and oxygen atoms in total. The number of aliphatic carboxylic acids is 1. The van der Waals surface area contributed by atoms with Crippen molar-refractivity contribution in [3.8, 4) is 11.5 Å². The van der Waals surface area contributed by atoms with Gasteiger partial charge in [-0.1, -0.05) is 24.6 Å². The van der Waals surface area contributed by atoms with Crippen molar-refractivity contribution in [1.29, 1.82) is 0 Å². The number of carboxylic acids is 1. The summed E-state index contributed by atoms with van der Waals surface area (Å²) in [7, 11) is 0. The first-order chi connectivity index (χ1) is 14.5. The number of allylic oxidation sites excluding steroid dienone is 2. The third-order valence-corrected chi connectivity index (χ3v) is 4.22. The summed E-state index contributed by atoms with van der Waals surface area (Å²) in [4.78, 5) is 22.4. The van der Waals surface area contributed by atoms with E-state index in [1.54, 1.807) is 18.2 Å². The monoisotopic (exact) mass is 411 g/mol. The summed E-state index contributed by atoms with van der Waals surface area (Å²) in [6.07, 6.45) is 10.4. The van der Waals surface area contributed by atoms with E-state index in [4.69, 9.17) is 9.84 Å². The van der Waals surface area contributed by atoms with Gasteiger partial charge in [-0.05, 0) is 68.1 Å². The van der Waals surface area contributed by atoms with Gasteiger partial charge in [0.1, 0.15) is 23.7 Å². The number of unbranched alkanes of at least 4 members (excludes halogenated alkanes) is 4. The lowest BCUT2D eigenvalue weighted by Crippen LogP contribution is -2.15. The number of amides is 1. The van der Waals surface area contributed by atoms with Crippen molar-refractivity contribution in [3.05, 3.63) is 72.6 Å². The first-order valence-electron chi connectivity index (χ1n) is 9.84. The van der Waals surface area contributed by atoms with Gasteiger partial charge in [-0.3, -0.25) is 9.59 Å². The number of carbonyl (C=O) groups excluding carboxylic acids is 1. The molecular formula is C24H26FNO4. The van der Waals surface area contributed by atoms with Crippen LogP contribution in [0.2, 0.25) is 0 Å². The minimum absolute atomic E-state index is 0.351. The molecular weight excluding hydrogens is 385 g/mol. The SMILES string of the molecule is C=CCCCCC/C=C\c1cc(NC(=O)CC(=O)O)ccc1Oc1ccc(F)cc1. The molecule has 2 rings (SSSR count). The maximum Gasteiger partial charge on any atom is 0.312 e. The number of carboxylic acid groups (broad SMARTS) is 1. The molecule has 0 aliphatic rings. The Morgan fingerprint density at radius 3 is 2.50 bits per heavy atom. The number of nitrogens with one attached hydrogen (secondary N) is 1. The van der Waals surface area contributed by atoms with E-state index in [-0.39, 0.29) is 5.82 Å². The van der Waals surface area contributed by atoms with Crippen LogP contribution in [0.5, 0.6) is 11.5 Å². The van der Waals surface area contributed by atoms with Gasteiger partial charge in [0.2, 0.25) is 5.91 Å². The van der Waals surface area contributed by atoms with Gasteiger partial charge in [0.25, 0.3) is 0 Å². The molecule has 0 aliphatic heterocycles. The van der Waals surface area contributed by atoms with Crippen LogP contribution in [0.4, 0.5) is 10.1 Å². The molecule has 0 aliphatic carbocycles. The molecule has 0 unspecified atom stereocenters. The highest BCUT2D eigenvalue weighted by Crippen LogP contribution is 2.29. The second-order valence-electron chi connectivity index (χ2n) is 6.76. The topological polar surface area (TPSA) is 75.6 Å². The quantitative estimate of drug-likeness (QED) is 0.248. The average molecular weight is 411 g/mol. The molecule has 0 bridgehead atoms. The highest BCUT2D eigenvalue weighted by molar-refractivity contribution is 6.01. The summed E-state index contributed by atoms with van der Waals surface area (Å²) in [5.74, 6) is -1.12. The second-order valence-corrected chi connectivity index (χ2v) is 6.76. The highest BCUT2D eigenvalue weighted by atomic mass is 19.1. The molecule has 0 saturated heterocycles. The zero-order valence-corrected chi connectivity index (χ0v) is 16.8. The maximum atomic E-state index is 13.1. The normalized spacial score (nSPS) is 10.7. The zero-order chi connectivity index (χ0) is 21.8. The lowest BCUT2D eigenvalue weighted by Gasteiger charge is -2.12. The maximum absolute atomic E-state index is 13.1. The highest BCUT2D eigenvalue weighted by Gasteiger charge is 2.10. The Morgan fingerprint density at radius 2 is 1.80 bits per heavy atom. The third-order valence-electron chi connectivity index (χ3n) is 4.22. The fourth-order valence-corrected chi connectivity index (χ4v) is 2.76. The van der Waals surface area contributed by atoms with E-state index >= 15 is 0 Å². The van der Waals surface area contributed by atoms with Crippen LogP contribution < -0.4 is 10.1 Å². The number of anilines is 1. The Labute approximate surface area is 175 Å². The molecule has 0 heterocycles. The van der Waals surface area contributed by atoms with Crippen LogP contribution in [0, 0.1) is 5.82 Å². The Balaban J connectivity index is 2.13. The van der Waals surface area contributed by atoms with Gasteiger partial charge in [-0.2, -0.15) is 0 Å². The molecule has 0 radical (unpaired) electrons. The lowest BCUT2D eigenvalue weighted by molar-refractivity contribution is -0.139. The van der Waals surface area contributed by atoms with Crippen molar-refractivity contribution in [2.45, 2.75) is 38.5 Å². The van der Waals surface area contributed by atoms with Crippen molar-refractivity contribution in [1.82, 2.24) is 0 Å². The number of rotatable bonds is 12. The standard InChI is InChI=1S/C24H26FNO4/c1-2-3-4-5-6-7-8-9-18-16-20(26-23(27)17-24(28)29)12-15-22(18)30-21-13-10-19(25)11-14-21/h2,8-16H,1,3-7,17H2,(H,26,27)(H,28,29)/b9-8-. The number of carbonyl (C=O) groups is 2. The van der Waals surface area contributed by atoms with E-state index in [0.29, 0.717) is 17.2 Å². The molecule has 30 heavy (non-hydrogen) atoms. The van der Waals surface area contributed by atoms with Gasteiger partial charge in [0.05, 0.1) is 0 Å². The molecule has 1 amide bonds. The van der Waals surface area contributed by atoms with Crippen LogP contribution in [0.1, 0.15) is 44.1 Å². The summed E-state index contributed by atoms with van der Waals surface area (Å²) < 4.78 is 19.0. The predicted molar refractivity (Wildman–Crippen MR) is 116 cm³/mol. The Hall–Kier alpha value is -3.41. The van der Waals surface area contributed by atoms with E-state index in [2.05, 4.69) is 11.9 Å². The van der Waals surface area contributed by atoms with E-state index in [9.17, 15) is 14.0 Å². The van der Waals surface area contributed by atoms with Crippen LogP contribution in [0.3, 0.4) is 0 Å². The first kappa shape index (κ1) is 22.9. The minimum atomic E-state index is -1.19. The minimum Gasteiger partial charge on any atom is -0.481 e. The number of hydrogen-bond acceptors (Lipinski definition) is 3. The van der Waals surface area contributed by atoms with E-state index < -0.39 is 18.3 Å². The fraction of sp³-hybridized carbons (Fsp3) is 0.250. The van der Waals surface area contributed by atoms with Crippen LogP contribution in [0.25, 0.3) is 6.08 Å². The summed E-state index contributed by atoms with van der Waals surface area (Å²) in [6, 6.07) is 10.7. The lowest BCUT2D eigenvalue weighted by atomic mass is 10.1. The molecule has 158 valence electrons. The largest absolute Gasteiger partial charge is 0.481 e. The smallest absolute Gasteiger partial charge is 0.312 e. The number of hydrogen-bond donors (Lipinski definition) is 2. The van der Waals surface area contributed by atoms with Crippen molar-refractivity contribution in [2.75, 3.05) is 5.32 Å². The number of ether oxygens (including phenoxy) is 1. The zero-order valence-electron chi connectivity index (χ0n) is 16.8. The average Bonchev–Trinajstić information content (AvgIpc) is 2.70. The van der Waals surface area contributed by atoms with Gasteiger partial charge in [0.15, 0.2) is 0 Å². The van der Waals surface area contributed by atoms with Crippen molar-refractivity contribution >= 4 is 23.6 Å². The fourth-order valence-electron chi connectivity index (χ4n) is 2.76. The van der Waals surface area contributed by atoms with Crippen LogP contribution in [-0.2, 0) is 9.59 Å². The van der Waals surface area contributed by atoms with E-state index in [1.165, 1.54) is 24.3 Å².